The van der Waals surface area contributed by atoms with Crippen molar-refractivity contribution in [3.05, 3.63) is 0 Å². The minimum Gasteiger partial charge on any atom is -0.371 e. The standard InChI is InChI=1S/C8H11NO3S/c1-2-11-7-5(10-1)3-12-8-6(7)9-4-13-8/h4-8H,1-3H2. The van der Waals surface area contributed by atoms with Crippen LogP contribution >= 0.6 is 11.8 Å². The van der Waals surface area contributed by atoms with Crippen LogP contribution in [0.1, 0.15) is 0 Å². The van der Waals surface area contributed by atoms with Gasteiger partial charge in [0.15, 0.2) is 0 Å². The molecule has 0 aromatic rings. The van der Waals surface area contributed by atoms with Crippen LogP contribution in [0.4, 0.5) is 0 Å². The van der Waals surface area contributed by atoms with E-state index in [2.05, 4.69) is 4.99 Å². The number of thioether (sulfide) groups is 1. The fraction of sp³-hybridized carbons (Fsp3) is 0.875. The number of hydrogen-bond donors (Lipinski definition) is 0. The molecule has 0 spiro atoms. The highest BCUT2D eigenvalue weighted by molar-refractivity contribution is 8.12. The van der Waals surface area contributed by atoms with Gasteiger partial charge in [-0.15, -0.1) is 0 Å². The molecule has 0 amide bonds. The van der Waals surface area contributed by atoms with Gasteiger partial charge in [0.1, 0.15) is 23.7 Å². The summed E-state index contributed by atoms with van der Waals surface area (Å²) in [5.41, 5.74) is 2.01. The molecular formula is C8H11NO3S. The number of ether oxygens (including phenoxy) is 3. The Labute approximate surface area is 80.6 Å². The van der Waals surface area contributed by atoms with E-state index >= 15 is 0 Å². The van der Waals surface area contributed by atoms with Crippen molar-refractivity contribution < 1.29 is 14.2 Å². The van der Waals surface area contributed by atoms with E-state index in [1.807, 2.05) is 5.55 Å². The van der Waals surface area contributed by atoms with Crippen LogP contribution in [0.15, 0.2) is 4.99 Å². The maximum atomic E-state index is 5.66. The lowest BCUT2D eigenvalue weighted by atomic mass is 10.0. The third kappa shape index (κ3) is 1.30. The van der Waals surface area contributed by atoms with Crippen LogP contribution in [-0.4, -0.2) is 49.1 Å². The summed E-state index contributed by atoms with van der Waals surface area (Å²) in [7, 11) is 0. The van der Waals surface area contributed by atoms with E-state index in [0.29, 0.717) is 19.8 Å². The van der Waals surface area contributed by atoms with Gasteiger partial charge >= 0.3 is 0 Å². The van der Waals surface area contributed by atoms with Gasteiger partial charge in [-0.3, -0.25) is 4.99 Å². The number of fused-ring (bicyclic) bond motifs is 3. The van der Waals surface area contributed by atoms with Gasteiger partial charge in [0, 0.05) is 0 Å². The molecule has 5 heteroatoms. The zero-order chi connectivity index (χ0) is 8.67. The maximum absolute atomic E-state index is 5.66. The number of rotatable bonds is 0. The third-order valence-electron chi connectivity index (χ3n) is 2.56. The Kier molecular flexibility index (Phi) is 2.05. The van der Waals surface area contributed by atoms with Gasteiger partial charge in [-0.2, -0.15) is 0 Å². The fourth-order valence-electron chi connectivity index (χ4n) is 1.93. The normalized spacial score (nSPS) is 48.6. The quantitative estimate of drug-likeness (QED) is 0.564. The number of hydrogen-bond acceptors (Lipinski definition) is 5. The average molecular weight is 201 g/mol. The van der Waals surface area contributed by atoms with E-state index in [1.54, 1.807) is 11.8 Å². The summed E-state index contributed by atoms with van der Waals surface area (Å²) in [5, 5.41) is 0. The molecule has 0 aromatic carbocycles. The lowest BCUT2D eigenvalue weighted by molar-refractivity contribution is -0.198. The van der Waals surface area contributed by atoms with Crippen molar-refractivity contribution >= 4 is 17.3 Å². The van der Waals surface area contributed by atoms with E-state index in [9.17, 15) is 0 Å². The minimum absolute atomic E-state index is 0.0887. The molecule has 4 nitrogen and oxygen atoms in total. The molecule has 3 aliphatic rings. The van der Waals surface area contributed by atoms with Crippen molar-refractivity contribution in [1.82, 2.24) is 0 Å². The van der Waals surface area contributed by atoms with Gasteiger partial charge in [-0.05, 0) is 0 Å². The Bertz CT molecular complexity index is 235. The Morgan fingerprint density at radius 3 is 3.15 bits per heavy atom. The zero-order valence-electron chi connectivity index (χ0n) is 7.09. The predicted molar refractivity (Wildman–Crippen MR) is 49.1 cm³/mol. The van der Waals surface area contributed by atoms with Crippen molar-refractivity contribution in [2.45, 2.75) is 23.7 Å². The molecule has 0 aromatic heterocycles. The molecule has 2 fully saturated rings. The lowest BCUT2D eigenvalue weighted by Crippen LogP contribution is -2.54. The molecule has 0 aliphatic carbocycles. The van der Waals surface area contributed by atoms with Crippen molar-refractivity contribution in [3.63, 3.8) is 0 Å². The first kappa shape index (κ1) is 8.23. The maximum Gasteiger partial charge on any atom is 0.133 e. The first-order valence-corrected chi connectivity index (χ1v) is 5.41. The van der Waals surface area contributed by atoms with Crippen molar-refractivity contribution in [1.29, 1.82) is 0 Å². The second-order valence-corrected chi connectivity index (χ2v) is 4.28. The van der Waals surface area contributed by atoms with Crippen molar-refractivity contribution in [2.24, 2.45) is 4.99 Å². The molecule has 4 unspecified atom stereocenters. The van der Waals surface area contributed by atoms with Crippen LogP contribution in [0.25, 0.3) is 0 Å². The van der Waals surface area contributed by atoms with E-state index in [1.165, 1.54) is 0 Å². The summed E-state index contributed by atoms with van der Waals surface area (Å²) >= 11 is 1.63. The molecule has 0 radical (unpaired) electrons. The third-order valence-corrected chi connectivity index (χ3v) is 3.49. The first-order valence-electron chi connectivity index (χ1n) is 4.47. The fourth-order valence-corrected chi connectivity index (χ4v) is 2.80. The van der Waals surface area contributed by atoms with Gasteiger partial charge in [0.2, 0.25) is 0 Å². The molecule has 3 heterocycles. The highest BCUT2D eigenvalue weighted by Crippen LogP contribution is 2.34. The minimum atomic E-state index is 0.0887. The molecule has 72 valence electrons. The van der Waals surface area contributed by atoms with Crippen molar-refractivity contribution in [3.8, 4) is 0 Å². The Morgan fingerprint density at radius 2 is 2.15 bits per heavy atom. The van der Waals surface area contributed by atoms with Crippen LogP contribution in [0.2, 0.25) is 0 Å². The molecule has 0 saturated carbocycles. The van der Waals surface area contributed by atoms with Gasteiger partial charge in [0.05, 0.1) is 25.4 Å². The Morgan fingerprint density at radius 1 is 1.23 bits per heavy atom. The molecule has 2 saturated heterocycles. The van der Waals surface area contributed by atoms with Crippen LogP contribution < -0.4 is 0 Å². The lowest BCUT2D eigenvalue weighted by Gasteiger charge is -2.40. The van der Waals surface area contributed by atoms with Crippen LogP contribution in [0, 0.1) is 0 Å². The number of aliphatic imine (C=N–C) groups is 1. The second-order valence-electron chi connectivity index (χ2n) is 3.33. The number of nitrogens with zero attached hydrogens (tertiary/aromatic N) is 1. The zero-order valence-corrected chi connectivity index (χ0v) is 7.90. The van der Waals surface area contributed by atoms with Crippen LogP contribution in [0.5, 0.6) is 0 Å². The van der Waals surface area contributed by atoms with Crippen molar-refractivity contribution in [2.75, 3.05) is 19.8 Å². The van der Waals surface area contributed by atoms with E-state index in [4.69, 9.17) is 14.2 Å². The summed E-state index contributed by atoms with van der Waals surface area (Å²) in [6, 6.07) is 0.143. The average Bonchev–Trinajstić information content (AvgIpc) is 2.65. The summed E-state index contributed by atoms with van der Waals surface area (Å²) in [5.74, 6) is 0. The van der Waals surface area contributed by atoms with E-state index < -0.39 is 0 Å². The molecule has 0 bridgehead atoms. The van der Waals surface area contributed by atoms with E-state index in [0.717, 1.165) is 0 Å². The van der Waals surface area contributed by atoms with Crippen LogP contribution in [0.3, 0.4) is 0 Å². The summed E-state index contributed by atoms with van der Waals surface area (Å²) in [6.07, 6.45) is 0.199. The summed E-state index contributed by atoms with van der Waals surface area (Å²) < 4.78 is 16.8. The SMILES string of the molecule is C1=NC2C(OCC3OCCOC32)S1. The topological polar surface area (TPSA) is 40.0 Å². The Hall–Kier alpha value is -0.100. The summed E-state index contributed by atoms with van der Waals surface area (Å²) in [4.78, 5) is 4.35. The highest BCUT2D eigenvalue weighted by atomic mass is 32.2. The van der Waals surface area contributed by atoms with Gasteiger partial charge in [-0.25, -0.2) is 0 Å². The predicted octanol–water partition coefficient (Wildman–Crippen LogP) is 0.270. The smallest absolute Gasteiger partial charge is 0.133 e. The molecule has 13 heavy (non-hydrogen) atoms. The first-order chi connectivity index (χ1) is 6.45. The molecule has 3 aliphatic heterocycles. The monoisotopic (exact) mass is 201 g/mol. The van der Waals surface area contributed by atoms with Gasteiger partial charge < -0.3 is 14.2 Å². The highest BCUT2D eigenvalue weighted by Gasteiger charge is 2.45. The van der Waals surface area contributed by atoms with Crippen LogP contribution in [-0.2, 0) is 14.2 Å². The summed E-state index contributed by atoms with van der Waals surface area (Å²) in [6.45, 7) is 2.01. The largest absolute Gasteiger partial charge is 0.371 e. The van der Waals surface area contributed by atoms with E-state index in [-0.39, 0.29) is 23.7 Å². The molecular weight excluding hydrogens is 190 g/mol. The second kappa shape index (κ2) is 3.24. The van der Waals surface area contributed by atoms with Gasteiger partial charge in [-0.1, -0.05) is 11.8 Å². The van der Waals surface area contributed by atoms with Gasteiger partial charge in [0.25, 0.3) is 0 Å². The molecule has 3 rings (SSSR count). The Balaban J connectivity index is 1.80. The molecule has 0 N–H and O–H groups in total. The molecule has 4 atom stereocenters.